The van der Waals surface area contributed by atoms with Crippen LogP contribution in [-0.2, 0) is 0 Å². The summed E-state index contributed by atoms with van der Waals surface area (Å²) in [5, 5.41) is 4.54. The van der Waals surface area contributed by atoms with Gasteiger partial charge in [-0.05, 0) is 131 Å². The summed E-state index contributed by atoms with van der Waals surface area (Å²) in [5.74, 6) is 3.16. The van der Waals surface area contributed by atoms with Gasteiger partial charge in [-0.3, -0.25) is 0 Å². The lowest BCUT2D eigenvalue weighted by Gasteiger charge is -2.32. The van der Waals surface area contributed by atoms with Crippen LogP contribution in [0.3, 0.4) is 0 Å². The molecule has 0 atom stereocenters. The third-order valence-corrected chi connectivity index (χ3v) is 9.87. The van der Waals surface area contributed by atoms with Gasteiger partial charge in [0.15, 0.2) is 0 Å². The number of fused-ring (bicyclic) bond motifs is 2. The number of methoxy groups -OCH3 is 4. The molecule has 0 bridgehead atoms. The van der Waals surface area contributed by atoms with E-state index in [-0.39, 0.29) is 0 Å². The van der Waals surface area contributed by atoms with Crippen molar-refractivity contribution < 1.29 is 18.9 Å². The van der Waals surface area contributed by atoms with Gasteiger partial charge in [0, 0.05) is 33.9 Å². The highest BCUT2D eigenvalue weighted by Crippen LogP contribution is 2.52. The number of hydrogen-bond donors (Lipinski definition) is 0. The monoisotopic (exact) mass is 708 g/mol. The van der Waals surface area contributed by atoms with Gasteiger partial charge in [0.25, 0.3) is 0 Å². The highest BCUT2D eigenvalue weighted by Gasteiger charge is 2.26. The van der Waals surface area contributed by atoms with Gasteiger partial charge in [0.1, 0.15) is 23.0 Å². The summed E-state index contributed by atoms with van der Waals surface area (Å²) < 4.78 is 22.4. The maximum atomic E-state index is 5.59. The lowest BCUT2D eigenvalue weighted by atomic mass is 9.89. The molecular formula is C48H40N2O4. The van der Waals surface area contributed by atoms with Crippen LogP contribution in [0, 0.1) is 0 Å². The molecule has 0 aliphatic carbocycles. The van der Waals surface area contributed by atoms with Crippen LogP contribution in [0.5, 0.6) is 23.0 Å². The standard InChI is InChI=1S/C48H40N2O4/c1-51-39-23-15-35(16-24-39)49(36-17-25-40(52-2)26-18-36)45-31-13-33-9-5-7-11-43(33)47(45)48-44-12-8-6-10-34(44)14-32-46(48)50(37-19-27-41(53-3)28-20-37)38-21-29-42(54-4)30-22-38/h5-32H,1-4H3. The number of ether oxygens (including phenoxy) is 4. The minimum absolute atomic E-state index is 0.790. The van der Waals surface area contributed by atoms with Crippen molar-refractivity contribution >= 4 is 55.7 Å². The maximum absolute atomic E-state index is 5.59. The molecule has 6 nitrogen and oxygen atoms in total. The van der Waals surface area contributed by atoms with Gasteiger partial charge in [-0.1, -0.05) is 60.7 Å². The molecule has 6 heteroatoms. The van der Waals surface area contributed by atoms with E-state index in [0.29, 0.717) is 0 Å². The molecule has 0 unspecified atom stereocenters. The molecular weight excluding hydrogens is 669 g/mol. The number of nitrogens with zero attached hydrogens (tertiary/aromatic N) is 2. The van der Waals surface area contributed by atoms with E-state index in [1.54, 1.807) is 28.4 Å². The van der Waals surface area contributed by atoms with Crippen LogP contribution in [0.2, 0.25) is 0 Å². The van der Waals surface area contributed by atoms with Crippen molar-refractivity contribution in [3.63, 3.8) is 0 Å². The topological polar surface area (TPSA) is 43.4 Å². The van der Waals surface area contributed by atoms with Gasteiger partial charge < -0.3 is 28.7 Å². The largest absolute Gasteiger partial charge is 0.497 e. The molecule has 0 spiro atoms. The third kappa shape index (κ3) is 6.39. The molecule has 0 amide bonds. The van der Waals surface area contributed by atoms with Crippen molar-refractivity contribution in [2.75, 3.05) is 38.2 Å². The fraction of sp³-hybridized carbons (Fsp3) is 0.0833. The van der Waals surface area contributed by atoms with E-state index in [1.807, 2.05) is 48.5 Å². The summed E-state index contributed by atoms with van der Waals surface area (Å²) in [7, 11) is 6.77. The Bertz CT molecular complexity index is 2260. The second-order valence-corrected chi connectivity index (χ2v) is 12.8. The smallest absolute Gasteiger partial charge is 0.119 e. The molecule has 0 aliphatic heterocycles. The van der Waals surface area contributed by atoms with Crippen LogP contribution < -0.4 is 28.7 Å². The molecule has 266 valence electrons. The van der Waals surface area contributed by atoms with Crippen molar-refractivity contribution in [3.8, 4) is 34.1 Å². The van der Waals surface area contributed by atoms with Crippen LogP contribution in [0.25, 0.3) is 32.7 Å². The molecule has 0 N–H and O–H groups in total. The fourth-order valence-corrected chi connectivity index (χ4v) is 7.20. The quantitative estimate of drug-likeness (QED) is 0.133. The maximum Gasteiger partial charge on any atom is 0.119 e. The lowest BCUT2D eigenvalue weighted by molar-refractivity contribution is 0.414. The van der Waals surface area contributed by atoms with Gasteiger partial charge in [0.2, 0.25) is 0 Å². The molecule has 8 rings (SSSR count). The number of hydrogen-bond acceptors (Lipinski definition) is 6. The van der Waals surface area contributed by atoms with E-state index in [9.17, 15) is 0 Å². The van der Waals surface area contributed by atoms with Crippen molar-refractivity contribution in [1.29, 1.82) is 0 Å². The Labute approximate surface area is 316 Å². The summed E-state index contributed by atoms with van der Waals surface area (Å²) in [4.78, 5) is 4.63. The molecule has 0 saturated carbocycles. The number of benzene rings is 8. The van der Waals surface area contributed by atoms with E-state index in [0.717, 1.165) is 89.8 Å². The van der Waals surface area contributed by atoms with E-state index in [2.05, 4.69) is 131 Å². The molecule has 8 aromatic rings. The average Bonchev–Trinajstić information content (AvgIpc) is 3.24. The minimum atomic E-state index is 0.790. The molecule has 0 heterocycles. The Morgan fingerprint density at radius 2 is 0.574 bits per heavy atom. The lowest BCUT2D eigenvalue weighted by Crippen LogP contribution is -2.14. The van der Waals surface area contributed by atoms with E-state index in [1.165, 1.54) is 0 Å². The summed E-state index contributed by atoms with van der Waals surface area (Å²) in [6.07, 6.45) is 0. The van der Waals surface area contributed by atoms with Crippen LogP contribution in [0.15, 0.2) is 170 Å². The van der Waals surface area contributed by atoms with Crippen LogP contribution in [0.4, 0.5) is 34.1 Å². The third-order valence-electron chi connectivity index (χ3n) is 9.87. The SMILES string of the molecule is COc1ccc(N(c2ccc(OC)cc2)c2ccc3ccccc3c2-c2c(N(c3ccc(OC)cc3)c3ccc(OC)cc3)ccc3ccccc23)cc1. The number of rotatable bonds is 11. The van der Waals surface area contributed by atoms with Gasteiger partial charge >= 0.3 is 0 Å². The predicted octanol–water partition coefficient (Wildman–Crippen LogP) is 12.6. The second-order valence-electron chi connectivity index (χ2n) is 12.8. The second kappa shape index (κ2) is 15.0. The first-order valence-corrected chi connectivity index (χ1v) is 17.8. The Hall–Kier alpha value is -6.92. The highest BCUT2D eigenvalue weighted by atomic mass is 16.5. The van der Waals surface area contributed by atoms with Crippen LogP contribution in [0.1, 0.15) is 0 Å². The molecule has 0 radical (unpaired) electrons. The van der Waals surface area contributed by atoms with Crippen LogP contribution in [-0.4, -0.2) is 28.4 Å². The molecule has 54 heavy (non-hydrogen) atoms. The summed E-state index contributed by atoms with van der Waals surface area (Å²) in [6.45, 7) is 0. The van der Waals surface area contributed by atoms with Crippen molar-refractivity contribution in [1.82, 2.24) is 0 Å². The summed E-state index contributed by atoms with van der Waals surface area (Å²) >= 11 is 0. The molecule has 0 aliphatic rings. The van der Waals surface area contributed by atoms with Crippen molar-refractivity contribution in [2.45, 2.75) is 0 Å². The first-order chi connectivity index (χ1) is 26.6. The van der Waals surface area contributed by atoms with Crippen molar-refractivity contribution in [2.24, 2.45) is 0 Å². The zero-order valence-electron chi connectivity index (χ0n) is 30.7. The molecule has 8 aromatic carbocycles. The van der Waals surface area contributed by atoms with Gasteiger partial charge in [0.05, 0.1) is 39.8 Å². The fourth-order valence-electron chi connectivity index (χ4n) is 7.20. The first-order valence-electron chi connectivity index (χ1n) is 17.8. The van der Waals surface area contributed by atoms with E-state index in [4.69, 9.17) is 18.9 Å². The minimum Gasteiger partial charge on any atom is -0.497 e. The predicted molar refractivity (Wildman–Crippen MR) is 222 cm³/mol. The zero-order chi connectivity index (χ0) is 37.0. The molecule has 0 aromatic heterocycles. The average molecular weight is 709 g/mol. The number of anilines is 6. The molecule has 0 fully saturated rings. The Morgan fingerprint density at radius 3 is 0.852 bits per heavy atom. The van der Waals surface area contributed by atoms with E-state index < -0.39 is 0 Å². The molecule has 0 saturated heterocycles. The summed E-state index contributed by atoms with van der Waals surface area (Å²) in [6, 6.07) is 59.0. The Kier molecular flexibility index (Phi) is 9.48. The Morgan fingerprint density at radius 1 is 0.296 bits per heavy atom. The van der Waals surface area contributed by atoms with Gasteiger partial charge in [-0.15, -0.1) is 0 Å². The highest BCUT2D eigenvalue weighted by molar-refractivity contribution is 6.16. The van der Waals surface area contributed by atoms with E-state index >= 15 is 0 Å². The van der Waals surface area contributed by atoms with Crippen LogP contribution >= 0.6 is 0 Å². The normalized spacial score (nSPS) is 11.0. The van der Waals surface area contributed by atoms with Crippen molar-refractivity contribution in [3.05, 3.63) is 170 Å². The van der Waals surface area contributed by atoms with Gasteiger partial charge in [-0.2, -0.15) is 0 Å². The summed E-state index contributed by atoms with van der Waals surface area (Å²) in [5.41, 5.74) is 8.18. The van der Waals surface area contributed by atoms with Gasteiger partial charge in [-0.25, -0.2) is 0 Å². The first kappa shape index (κ1) is 34.2. The Balaban J connectivity index is 1.49. The zero-order valence-corrected chi connectivity index (χ0v) is 30.7.